The van der Waals surface area contributed by atoms with Gasteiger partial charge in [-0.05, 0) is 43.0 Å². The molecule has 0 saturated heterocycles. The van der Waals surface area contributed by atoms with Crippen LogP contribution in [0.15, 0.2) is 35.5 Å². The van der Waals surface area contributed by atoms with Crippen LogP contribution in [0.5, 0.6) is 0 Å². The normalized spacial score (nSPS) is 13.8. The zero-order valence-corrected chi connectivity index (χ0v) is 11.5. The van der Waals surface area contributed by atoms with Crippen LogP contribution in [0.4, 0.5) is 10.2 Å². The molecule has 2 aromatic rings. The average molecular weight is 285 g/mol. The molecule has 3 rings (SSSR count). The van der Waals surface area contributed by atoms with E-state index in [9.17, 15) is 4.39 Å². The van der Waals surface area contributed by atoms with Crippen LogP contribution in [0.3, 0.4) is 0 Å². The minimum Gasteiger partial charge on any atom is -0.247 e. The molecule has 0 radical (unpaired) electrons. The Balaban J connectivity index is 1.85. The Morgan fingerprint density at radius 2 is 2.05 bits per heavy atom. The van der Waals surface area contributed by atoms with Crippen molar-refractivity contribution in [3.63, 3.8) is 0 Å². The summed E-state index contributed by atoms with van der Waals surface area (Å²) in [6.45, 7) is 0. The van der Waals surface area contributed by atoms with Gasteiger partial charge in [0.25, 0.3) is 0 Å². The number of aromatic nitrogens is 2. The van der Waals surface area contributed by atoms with Gasteiger partial charge < -0.3 is 0 Å². The smallest absolute Gasteiger partial charge is 0.241 e. The Bertz CT molecular complexity index is 674. The highest BCUT2D eigenvalue weighted by atomic mass is 32.1. The number of benzene rings is 1. The Morgan fingerprint density at radius 3 is 2.65 bits per heavy atom. The summed E-state index contributed by atoms with van der Waals surface area (Å²) in [4.78, 5) is 11.4. The maximum Gasteiger partial charge on any atom is 0.241 e. The fourth-order valence-electron chi connectivity index (χ4n) is 2.11. The zero-order chi connectivity index (χ0) is 13.9. The van der Waals surface area contributed by atoms with Crippen LogP contribution in [0.2, 0.25) is 0 Å². The first-order valence-electron chi connectivity index (χ1n) is 6.46. The van der Waals surface area contributed by atoms with Crippen LogP contribution in [0.25, 0.3) is 11.3 Å². The van der Waals surface area contributed by atoms with Crippen LogP contribution in [0.1, 0.15) is 18.4 Å². The molecule has 0 N–H and O–H groups in total. The van der Waals surface area contributed by atoms with E-state index in [0.29, 0.717) is 5.56 Å². The van der Waals surface area contributed by atoms with Gasteiger partial charge in [0.15, 0.2) is 5.82 Å². The molecule has 3 nitrogen and oxygen atoms in total. The van der Waals surface area contributed by atoms with Crippen molar-refractivity contribution in [1.82, 2.24) is 9.97 Å². The Kier molecular flexibility index (Phi) is 3.63. The molecule has 1 aliphatic rings. The molecule has 0 spiro atoms. The van der Waals surface area contributed by atoms with Gasteiger partial charge in [0.05, 0.1) is 11.4 Å². The maximum atomic E-state index is 13.9. The first-order valence-corrected chi connectivity index (χ1v) is 6.87. The number of aliphatic imine (C=N–C) groups is 1. The van der Waals surface area contributed by atoms with E-state index in [1.807, 2.05) is 24.3 Å². The molecule has 0 aliphatic heterocycles. The second-order valence-electron chi connectivity index (χ2n) is 4.92. The molecule has 0 unspecified atom stereocenters. The van der Waals surface area contributed by atoms with Crippen LogP contribution < -0.4 is 0 Å². The monoisotopic (exact) mass is 285 g/mol. The van der Waals surface area contributed by atoms with Crippen molar-refractivity contribution in [2.75, 3.05) is 0 Å². The third kappa shape index (κ3) is 2.95. The van der Waals surface area contributed by atoms with Crippen molar-refractivity contribution >= 4 is 23.2 Å². The lowest BCUT2D eigenvalue weighted by molar-refractivity contribution is 0.582. The van der Waals surface area contributed by atoms with Crippen molar-refractivity contribution < 1.29 is 4.39 Å². The molecule has 100 valence electrons. The molecule has 0 bridgehead atoms. The molecular formula is C15H12FN3S. The molecule has 1 aromatic heterocycles. The summed E-state index contributed by atoms with van der Waals surface area (Å²) in [6, 6.07) is 7.82. The van der Waals surface area contributed by atoms with E-state index in [1.165, 1.54) is 24.6 Å². The van der Waals surface area contributed by atoms with E-state index in [2.05, 4.69) is 32.3 Å². The summed E-state index contributed by atoms with van der Waals surface area (Å²) in [7, 11) is 0. The molecule has 0 amide bonds. The number of thiocarbonyl (C=S) groups is 1. The van der Waals surface area contributed by atoms with Gasteiger partial charge in [0.2, 0.25) is 5.95 Å². The predicted molar refractivity (Wildman–Crippen MR) is 78.5 cm³/mol. The summed E-state index contributed by atoms with van der Waals surface area (Å²) in [6.07, 6.45) is 5.14. The van der Waals surface area contributed by atoms with Crippen LogP contribution in [-0.4, -0.2) is 15.1 Å². The number of isothiocyanates is 1. The van der Waals surface area contributed by atoms with E-state index in [0.717, 1.165) is 12.3 Å². The first kappa shape index (κ1) is 13.0. The van der Waals surface area contributed by atoms with Gasteiger partial charge in [-0.3, -0.25) is 0 Å². The molecule has 1 fully saturated rings. The van der Waals surface area contributed by atoms with E-state index in [-0.39, 0.29) is 11.5 Å². The molecule has 0 atom stereocenters. The molecule has 1 saturated carbocycles. The fourth-order valence-corrected chi connectivity index (χ4v) is 2.20. The number of hydrogen-bond acceptors (Lipinski definition) is 4. The lowest BCUT2D eigenvalue weighted by Gasteiger charge is -2.04. The number of nitrogens with zero attached hydrogens (tertiary/aromatic N) is 3. The topological polar surface area (TPSA) is 38.1 Å². The Labute approximate surface area is 121 Å². The largest absolute Gasteiger partial charge is 0.247 e. The van der Waals surface area contributed by atoms with Crippen molar-refractivity contribution in [3.05, 3.63) is 42.0 Å². The predicted octanol–water partition coefficient (Wildman–Crippen LogP) is 3.97. The maximum absolute atomic E-state index is 13.9. The molecule has 20 heavy (non-hydrogen) atoms. The summed E-state index contributed by atoms with van der Waals surface area (Å²) in [5.41, 5.74) is 2.23. The van der Waals surface area contributed by atoms with Gasteiger partial charge in [-0.15, -0.1) is 0 Å². The summed E-state index contributed by atoms with van der Waals surface area (Å²) in [5.74, 6) is 0.321. The molecular weight excluding hydrogens is 273 g/mol. The summed E-state index contributed by atoms with van der Waals surface area (Å²) < 4.78 is 13.9. The summed E-state index contributed by atoms with van der Waals surface area (Å²) in [5, 5.41) is 2.14. The highest BCUT2D eigenvalue weighted by Gasteiger charge is 2.21. The molecule has 1 aromatic carbocycles. The quantitative estimate of drug-likeness (QED) is 0.630. The average Bonchev–Trinajstić information content (AvgIpc) is 3.25. The fraction of sp³-hybridized carbons (Fsp3) is 0.267. The molecule has 5 heteroatoms. The summed E-state index contributed by atoms with van der Waals surface area (Å²) >= 11 is 4.45. The van der Waals surface area contributed by atoms with Crippen LogP contribution in [-0.2, 0) is 6.42 Å². The van der Waals surface area contributed by atoms with Crippen molar-refractivity contribution in [2.45, 2.75) is 19.3 Å². The van der Waals surface area contributed by atoms with Gasteiger partial charge in [-0.1, -0.05) is 24.3 Å². The zero-order valence-electron chi connectivity index (χ0n) is 10.7. The third-order valence-corrected chi connectivity index (χ3v) is 3.42. The van der Waals surface area contributed by atoms with Crippen LogP contribution in [0, 0.1) is 11.9 Å². The van der Waals surface area contributed by atoms with E-state index < -0.39 is 5.95 Å². The van der Waals surface area contributed by atoms with Crippen molar-refractivity contribution in [2.24, 2.45) is 10.9 Å². The molecule has 1 heterocycles. The van der Waals surface area contributed by atoms with Gasteiger partial charge in [0.1, 0.15) is 5.69 Å². The third-order valence-electron chi connectivity index (χ3n) is 3.33. The second kappa shape index (κ2) is 5.57. The minimum atomic E-state index is -0.647. The highest BCUT2D eigenvalue weighted by molar-refractivity contribution is 7.78. The highest BCUT2D eigenvalue weighted by Crippen LogP contribution is 2.33. The standard InChI is InChI=1S/C15H12FN3S/c16-15-14(17-8-13(19-15)18-9-20)12-5-3-11(4-6-12)7-10-1-2-10/h3-6,8,10H,1-2,7H2. The van der Waals surface area contributed by atoms with Gasteiger partial charge in [0, 0.05) is 5.56 Å². The van der Waals surface area contributed by atoms with Gasteiger partial charge >= 0.3 is 0 Å². The lowest BCUT2D eigenvalue weighted by Crippen LogP contribution is -1.94. The van der Waals surface area contributed by atoms with E-state index >= 15 is 0 Å². The van der Waals surface area contributed by atoms with E-state index in [1.54, 1.807) is 0 Å². The van der Waals surface area contributed by atoms with Gasteiger partial charge in [-0.2, -0.15) is 14.4 Å². The van der Waals surface area contributed by atoms with Gasteiger partial charge in [-0.25, -0.2) is 4.98 Å². The number of halogens is 1. The number of rotatable bonds is 4. The lowest BCUT2D eigenvalue weighted by atomic mass is 10.1. The first-order chi connectivity index (χ1) is 9.76. The Morgan fingerprint density at radius 1 is 1.30 bits per heavy atom. The van der Waals surface area contributed by atoms with Crippen LogP contribution >= 0.6 is 12.2 Å². The van der Waals surface area contributed by atoms with Crippen molar-refractivity contribution in [1.29, 1.82) is 0 Å². The van der Waals surface area contributed by atoms with E-state index in [4.69, 9.17) is 0 Å². The SMILES string of the molecule is Fc1nc(N=C=S)cnc1-c1ccc(CC2CC2)cc1. The minimum absolute atomic E-state index is 0.131. The van der Waals surface area contributed by atoms with Crippen molar-refractivity contribution in [3.8, 4) is 11.3 Å². The second-order valence-corrected chi connectivity index (χ2v) is 5.10. The number of hydrogen-bond donors (Lipinski definition) is 0. The Hall–Kier alpha value is -1.97. The molecule has 1 aliphatic carbocycles.